The maximum absolute atomic E-state index is 12.4. The van der Waals surface area contributed by atoms with Crippen LogP contribution in [0, 0.1) is 0 Å². The number of nitrogens with zero attached hydrogens (tertiary/aromatic N) is 1. The normalized spacial score (nSPS) is 20.2. The Kier molecular flexibility index (Phi) is 5.31. The maximum atomic E-state index is 12.4. The predicted molar refractivity (Wildman–Crippen MR) is 90.4 cm³/mol. The molecule has 2 rings (SSSR count). The number of carbonyl (C=O) groups excluding carboxylic acids is 1. The minimum atomic E-state index is -0.120. The molecule has 1 saturated heterocycles. The number of nitrogens with one attached hydrogen (secondary N) is 1. The molecule has 0 spiro atoms. The number of anilines is 1. The van der Waals surface area contributed by atoms with Gasteiger partial charge in [-0.25, -0.2) is 0 Å². The molecule has 114 valence electrons. The molecule has 1 heterocycles. The van der Waals surface area contributed by atoms with Gasteiger partial charge in [0, 0.05) is 17.3 Å². The van der Waals surface area contributed by atoms with Crippen molar-refractivity contribution in [2.24, 2.45) is 5.73 Å². The lowest BCUT2D eigenvalue weighted by molar-refractivity contribution is -0.121. The summed E-state index contributed by atoms with van der Waals surface area (Å²) in [5.74, 6) is 0.0236. The monoisotopic (exact) mass is 305 g/mol. The Morgan fingerprint density at radius 2 is 2.33 bits per heavy atom. The molecule has 1 fully saturated rings. The van der Waals surface area contributed by atoms with Crippen molar-refractivity contribution in [3.63, 3.8) is 0 Å². The molecule has 1 aromatic carbocycles. The van der Waals surface area contributed by atoms with Crippen molar-refractivity contribution < 1.29 is 4.79 Å². The van der Waals surface area contributed by atoms with Gasteiger partial charge in [-0.3, -0.25) is 9.69 Å². The SMILES string of the molecule is CCC1CCCN1C(C)C(=O)Nc1cccc(C(N)=S)c1. The largest absolute Gasteiger partial charge is 0.389 e. The van der Waals surface area contributed by atoms with Crippen LogP contribution in [-0.4, -0.2) is 34.4 Å². The number of hydrogen-bond acceptors (Lipinski definition) is 3. The minimum absolute atomic E-state index is 0.0236. The van der Waals surface area contributed by atoms with Crippen LogP contribution in [0.4, 0.5) is 5.69 Å². The first-order valence-corrected chi connectivity index (χ1v) is 7.90. The number of rotatable bonds is 5. The van der Waals surface area contributed by atoms with Crippen molar-refractivity contribution in [3.05, 3.63) is 29.8 Å². The summed E-state index contributed by atoms with van der Waals surface area (Å²) < 4.78 is 0. The van der Waals surface area contributed by atoms with E-state index in [0.717, 1.165) is 24.2 Å². The van der Waals surface area contributed by atoms with E-state index in [1.54, 1.807) is 0 Å². The first kappa shape index (κ1) is 15.9. The zero-order valence-electron chi connectivity index (χ0n) is 12.6. The van der Waals surface area contributed by atoms with Crippen LogP contribution in [0.15, 0.2) is 24.3 Å². The predicted octanol–water partition coefficient (Wildman–Crippen LogP) is 2.52. The number of amides is 1. The zero-order chi connectivity index (χ0) is 15.4. The molecule has 1 aliphatic rings. The molecule has 4 nitrogen and oxygen atoms in total. The van der Waals surface area contributed by atoms with Crippen LogP contribution in [0.5, 0.6) is 0 Å². The number of carbonyl (C=O) groups is 1. The van der Waals surface area contributed by atoms with Crippen LogP contribution in [0.1, 0.15) is 38.7 Å². The highest BCUT2D eigenvalue weighted by Gasteiger charge is 2.30. The molecule has 0 aromatic heterocycles. The third-order valence-corrected chi connectivity index (χ3v) is 4.42. The van der Waals surface area contributed by atoms with Gasteiger partial charge in [-0.1, -0.05) is 31.3 Å². The maximum Gasteiger partial charge on any atom is 0.241 e. The van der Waals surface area contributed by atoms with Crippen LogP contribution in [0.25, 0.3) is 0 Å². The van der Waals surface area contributed by atoms with Gasteiger partial charge < -0.3 is 11.1 Å². The van der Waals surface area contributed by atoms with E-state index >= 15 is 0 Å². The summed E-state index contributed by atoms with van der Waals surface area (Å²) in [5.41, 5.74) is 7.13. The van der Waals surface area contributed by atoms with Crippen LogP contribution in [0.3, 0.4) is 0 Å². The summed E-state index contributed by atoms with van der Waals surface area (Å²) in [7, 11) is 0. The van der Waals surface area contributed by atoms with E-state index < -0.39 is 0 Å². The fourth-order valence-corrected chi connectivity index (χ4v) is 3.08. The first-order chi connectivity index (χ1) is 10.0. The van der Waals surface area contributed by atoms with Gasteiger partial charge in [0.2, 0.25) is 5.91 Å². The summed E-state index contributed by atoms with van der Waals surface area (Å²) in [6.45, 7) is 5.15. The summed E-state index contributed by atoms with van der Waals surface area (Å²) >= 11 is 4.96. The Balaban J connectivity index is 2.03. The summed E-state index contributed by atoms with van der Waals surface area (Å²) in [4.78, 5) is 15.1. The smallest absolute Gasteiger partial charge is 0.241 e. The molecule has 5 heteroatoms. The van der Waals surface area contributed by atoms with Crippen LogP contribution in [-0.2, 0) is 4.79 Å². The topological polar surface area (TPSA) is 58.4 Å². The number of likely N-dealkylation sites (tertiary alicyclic amines) is 1. The third-order valence-electron chi connectivity index (χ3n) is 4.19. The molecule has 1 aliphatic heterocycles. The molecule has 0 saturated carbocycles. The molecule has 21 heavy (non-hydrogen) atoms. The Morgan fingerprint density at radius 1 is 1.57 bits per heavy atom. The molecule has 3 N–H and O–H groups in total. The van der Waals surface area contributed by atoms with E-state index in [9.17, 15) is 4.79 Å². The fourth-order valence-electron chi connectivity index (χ4n) is 2.95. The Morgan fingerprint density at radius 3 is 3.00 bits per heavy atom. The standard InChI is InChI=1S/C16H23N3OS/c1-3-14-8-5-9-19(14)11(2)16(20)18-13-7-4-6-12(10-13)15(17)21/h4,6-7,10-11,14H,3,5,8-9H2,1-2H3,(H2,17,21)(H,18,20). The second-order valence-electron chi connectivity index (χ2n) is 5.55. The number of hydrogen-bond donors (Lipinski definition) is 2. The van der Waals surface area contributed by atoms with Gasteiger partial charge in [-0.05, 0) is 44.9 Å². The van der Waals surface area contributed by atoms with E-state index in [2.05, 4.69) is 17.1 Å². The van der Waals surface area contributed by atoms with Gasteiger partial charge in [0.05, 0.1) is 6.04 Å². The number of nitrogens with two attached hydrogens (primary N) is 1. The lowest BCUT2D eigenvalue weighted by Gasteiger charge is -2.29. The molecule has 0 aliphatic carbocycles. The summed E-state index contributed by atoms with van der Waals surface area (Å²) in [5, 5.41) is 2.96. The lowest BCUT2D eigenvalue weighted by Crippen LogP contribution is -2.44. The second-order valence-corrected chi connectivity index (χ2v) is 5.99. The average molecular weight is 305 g/mol. The molecular formula is C16H23N3OS. The summed E-state index contributed by atoms with van der Waals surface area (Å²) in [6, 6.07) is 7.76. The second kappa shape index (κ2) is 7.00. The Labute approximate surface area is 131 Å². The molecule has 2 unspecified atom stereocenters. The van der Waals surface area contributed by atoms with E-state index in [1.807, 2.05) is 31.2 Å². The van der Waals surface area contributed by atoms with E-state index in [4.69, 9.17) is 18.0 Å². The highest BCUT2D eigenvalue weighted by atomic mass is 32.1. The van der Waals surface area contributed by atoms with Gasteiger partial charge in [0.15, 0.2) is 0 Å². The quantitative estimate of drug-likeness (QED) is 0.821. The molecule has 1 aromatic rings. The Bertz CT molecular complexity index is 532. The van der Waals surface area contributed by atoms with Crippen LogP contribution >= 0.6 is 12.2 Å². The lowest BCUT2D eigenvalue weighted by atomic mass is 10.1. The molecule has 0 radical (unpaired) electrons. The van der Waals surface area contributed by atoms with Crippen LogP contribution < -0.4 is 11.1 Å². The minimum Gasteiger partial charge on any atom is -0.389 e. The highest BCUT2D eigenvalue weighted by molar-refractivity contribution is 7.80. The van der Waals surface area contributed by atoms with Crippen molar-refractivity contribution in [3.8, 4) is 0 Å². The summed E-state index contributed by atoms with van der Waals surface area (Å²) in [6.07, 6.45) is 3.45. The zero-order valence-corrected chi connectivity index (χ0v) is 13.5. The molecule has 1 amide bonds. The van der Waals surface area contributed by atoms with Crippen molar-refractivity contribution in [2.45, 2.75) is 45.2 Å². The first-order valence-electron chi connectivity index (χ1n) is 7.49. The van der Waals surface area contributed by atoms with Crippen LogP contribution in [0.2, 0.25) is 0 Å². The van der Waals surface area contributed by atoms with Gasteiger partial charge >= 0.3 is 0 Å². The molecule has 0 bridgehead atoms. The van der Waals surface area contributed by atoms with Crippen molar-refractivity contribution in [1.82, 2.24) is 4.90 Å². The van der Waals surface area contributed by atoms with Gasteiger partial charge in [-0.15, -0.1) is 0 Å². The number of benzene rings is 1. The Hall–Kier alpha value is -1.46. The fraction of sp³-hybridized carbons (Fsp3) is 0.500. The van der Waals surface area contributed by atoms with E-state index in [-0.39, 0.29) is 11.9 Å². The molecule has 2 atom stereocenters. The third kappa shape index (κ3) is 3.80. The van der Waals surface area contributed by atoms with Gasteiger partial charge in [0.1, 0.15) is 4.99 Å². The van der Waals surface area contributed by atoms with Crippen molar-refractivity contribution >= 4 is 28.8 Å². The van der Waals surface area contributed by atoms with Gasteiger partial charge in [0.25, 0.3) is 0 Å². The number of thiocarbonyl (C=S) groups is 1. The highest BCUT2D eigenvalue weighted by Crippen LogP contribution is 2.23. The van der Waals surface area contributed by atoms with Crippen molar-refractivity contribution in [1.29, 1.82) is 0 Å². The molecular weight excluding hydrogens is 282 g/mol. The average Bonchev–Trinajstić information content (AvgIpc) is 2.95. The van der Waals surface area contributed by atoms with Gasteiger partial charge in [-0.2, -0.15) is 0 Å². The van der Waals surface area contributed by atoms with Crippen molar-refractivity contribution in [2.75, 3.05) is 11.9 Å². The van der Waals surface area contributed by atoms with E-state index in [1.165, 1.54) is 12.8 Å². The van der Waals surface area contributed by atoms with E-state index in [0.29, 0.717) is 11.0 Å².